The molecule has 1 aromatic heterocycles. The normalized spacial score (nSPS) is 21.2. The first kappa shape index (κ1) is 17.0. The van der Waals surface area contributed by atoms with Crippen LogP contribution in [0.15, 0.2) is 22.2 Å². The number of alkyl halides is 1. The molecule has 1 aliphatic carbocycles. The zero-order valence-corrected chi connectivity index (χ0v) is 13.8. The van der Waals surface area contributed by atoms with E-state index in [1.807, 2.05) is 0 Å². The van der Waals surface area contributed by atoms with Crippen LogP contribution in [-0.4, -0.2) is 35.3 Å². The molecule has 0 fully saturated rings. The first-order chi connectivity index (χ1) is 10.5. The van der Waals surface area contributed by atoms with Crippen LogP contribution < -0.4 is 4.74 Å². The lowest BCUT2D eigenvalue weighted by Crippen LogP contribution is -2.38. The van der Waals surface area contributed by atoms with Crippen molar-refractivity contribution < 1.29 is 18.7 Å². The third-order valence-corrected chi connectivity index (χ3v) is 4.37. The van der Waals surface area contributed by atoms with E-state index in [-0.39, 0.29) is 34.1 Å². The van der Waals surface area contributed by atoms with E-state index >= 15 is 4.39 Å². The van der Waals surface area contributed by atoms with Gasteiger partial charge in [-0.1, -0.05) is 29.4 Å². The van der Waals surface area contributed by atoms with Crippen molar-refractivity contribution in [1.29, 1.82) is 0 Å². The molecule has 120 valence electrons. The molecule has 1 atom stereocenters. The molecule has 0 aromatic carbocycles. The van der Waals surface area contributed by atoms with Crippen molar-refractivity contribution in [3.8, 4) is 5.88 Å². The monoisotopic (exact) mass is 346 g/mol. The summed E-state index contributed by atoms with van der Waals surface area (Å²) in [5.74, 6) is -0.595. The number of carbonyl (C=O) groups excluding carboxylic acids is 1. The van der Waals surface area contributed by atoms with Crippen molar-refractivity contribution >= 4 is 29.3 Å². The average molecular weight is 347 g/mol. The number of ether oxygens (including phenoxy) is 2. The summed E-state index contributed by atoms with van der Waals surface area (Å²) in [6, 6.07) is 1.45. The van der Waals surface area contributed by atoms with Crippen LogP contribution >= 0.6 is 23.4 Å². The third-order valence-electron chi connectivity index (χ3n) is 3.11. The van der Waals surface area contributed by atoms with Gasteiger partial charge in [0.15, 0.2) is 5.16 Å². The van der Waals surface area contributed by atoms with Crippen molar-refractivity contribution in [3.05, 3.63) is 22.2 Å². The molecule has 1 unspecified atom stereocenters. The molecule has 5 nitrogen and oxygen atoms in total. The molecule has 0 amide bonds. The molecule has 0 spiro atoms. The molecule has 1 aromatic rings. The predicted octanol–water partition coefficient (Wildman–Crippen LogP) is 3.57. The van der Waals surface area contributed by atoms with Crippen LogP contribution in [0.2, 0.25) is 5.15 Å². The smallest absolute Gasteiger partial charge is 0.349 e. The molecule has 0 aliphatic heterocycles. The Labute approximate surface area is 137 Å². The van der Waals surface area contributed by atoms with Gasteiger partial charge in [0.1, 0.15) is 5.15 Å². The average Bonchev–Trinajstić information content (AvgIpc) is 2.49. The zero-order chi connectivity index (χ0) is 16.2. The van der Waals surface area contributed by atoms with E-state index < -0.39 is 11.6 Å². The molecule has 0 bridgehead atoms. The second-order valence-corrected chi connectivity index (χ2v) is 6.00. The molecule has 2 rings (SSSR count). The SMILES string of the molecule is CCOC(=O)C1(F)CCCC=C1Sc1nc(Cl)cc(OC)n1. The highest BCUT2D eigenvalue weighted by Crippen LogP contribution is 2.43. The Morgan fingerprint density at radius 2 is 2.32 bits per heavy atom. The van der Waals surface area contributed by atoms with Gasteiger partial charge in [0.25, 0.3) is 0 Å². The largest absolute Gasteiger partial charge is 0.481 e. The fourth-order valence-electron chi connectivity index (χ4n) is 2.06. The second kappa shape index (κ2) is 7.28. The summed E-state index contributed by atoms with van der Waals surface area (Å²) in [4.78, 5) is 20.3. The number of nitrogens with zero attached hydrogens (tertiary/aromatic N) is 2. The third kappa shape index (κ3) is 3.70. The topological polar surface area (TPSA) is 61.3 Å². The summed E-state index contributed by atoms with van der Waals surface area (Å²) < 4.78 is 25.0. The van der Waals surface area contributed by atoms with Gasteiger partial charge in [-0.15, -0.1) is 0 Å². The van der Waals surface area contributed by atoms with Crippen molar-refractivity contribution in [2.45, 2.75) is 37.0 Å². The van der Waals surface area contributed by atoms with Gasteiger partial charge in [0.2, 0.25) is 11.5 Å². The lowest BCUT2D eigenvalue weighted by atomic mass is 9.92. The van der Waals surface area contributed by atoms with Crippen molar-refractivity contribution in [2.75, 3.05) is 13.7 Å². The van der Waals surface area contributed by atoms with E-state index in [2.05, 4.69) is 9.97 Å². The standard InChI is InChI=1S/C14H16ClFN2O3S/c1-3-21-12(19)14(16)7-5-4-6-9(14)22-13-17-10(15)8-11(18-13)20-2/h6,8H,3-5,7H2,1-2H3. The highest BCUT2D eigenvalue weighted by Gasteiger charge is 2.46. The summed E-state index contributed by atoms with van der Waals surface area (Å²) in [6.45, 7) is 1.77. The van der Waals surface area contributed by atoms with Crippen molar-refractivity contribution in [3.63, 3.8) is 0 Å². The zero-order valence-electron chi connectivity index (χ0n) is 12.3. The van der Waals surface area contributed by atoms with E-state index in [0.29, 0.717) is 12.8 Å². The number of thioether (sulfide) groups is 1. The molecule has 0 saturated heterocycles. The molecule has 22 heavy (non-hydrogen) atoms. The van der Waals surface area contributed by atoms with E-state index in [0.717, 1.165) is 11.8 Å². The minimum atomic E-state index is -2.15. The first-order valence-corrected chi connectivity index (χ1v) is 8.02. The summed E-state index contributed by atoms with van der Waals surface area (Å²) in [5.41, 5.74) is -2.15. The molecule has 8 heteroatoms. The number of aromatic nitrogens is 2. The quantitative estimate of drug-likeness (QED) is 0.461. The fraction of sp³-hybridized carbons (Fsp3) is 0.500. The summed E-state index contributed by atoms with van der Waals surface area (Å²) in [7, 11) is 1.45. The molecule has 0 radical (unpaired) electrons. The van der Waals surface area contributed by atoms with Crippen molar-refractivity contribution in [1.82, 2.24) is 9.97 Å². The minimum absolute atomic E-state index is 0.0857. The number of rotatable bonds is 5. The Kier molecular flexibility index (Phi) is 5.63. The summed E-state index contributed by atoms with van der Waals surface area (Å²) in [5, 5.41) is 0.412. The van der Waals surface area contributed by atoms with E-state index in [9.17, 15) is 4.79 Å². The van der Waals surface area contributed by atoms with Crippen LogP contribution in [0.5, 0.6) is 5.88 Å². The molecule has 0 saturated carbocycles. The van der Waals surface area contributed by atoms with Crippen LogP contribution in [-0.2, 0) is 9.53 Å². The Morgan fingerprint density at radius 3 is 3.00 bits per heavy atom. The maximum absolute atomic E-state index is 15.1. The number of methoxy groups -OCH3 is 1. The van der Waals surface area contributed by atoms with Gasteiger partial charge >= 0.3 is 5.97 Å². The maximum atomic E-state index is 15.1. The van der Waals surface area contributed by atoms with Crippen LogP contribution in [0.4, 0.5) is 4.39 Å². The molecular weight excluding hydrogens is 331 g/mol. The van der Waals surface area contributed by atoms with Gasteiger partial charge in [-0.3, -0.25) is 0 Å². The Balaban J connectivity index is 2.27. The van der Waals surface area contributed by atoms with Gasteiger partial charge in [0.05, 0.1) is 13.7 Å². The lowest BCUT2D eigenvalue weighted by Gasteiger charge is -2.28. The number of allylic oxidation sites excluding steroid dienone is 1. The van der Waals surface area contributed by atoms with Gasteiger partial charge < -0.3 is 9.47 Å². The maximum Gasteiger partial charge on any atom is 0.349 e. The van der Waals surface area contributed by atoms with Gasteiger partial charge in [-0.05, 0) is 26.2 Å². The van der Waals surface area contributed by atoms with Crippen LogP contribution in [0.25, 0.3) is 0 Å². The van der Waals surface area contributed by atoms with Gasteiger partial charge in [0, 0.05) is 11.0 Å². The Hall–Kier alpha value is -1.34. The van der Waals surface area contributed by atoms with E-state index in [1.165, 1.54) is 13.2 Å². The summed E-state index contributed by atoms with van der Waals surface area (Å²) >= 11 is 6.85. The number of carbonyl (C=O) groups is 1. The van der Waals surface area contributed by atoms with Crippen LogP contribution in [0.1, 0.15) is 26.2 Å². The number of esters is 1. The Morgan fingerprint density at radius 1 is 1.55 bits per heavy atom. The predicted molar refractivity (Wildman–Crippen MR) is 81.9 cm³/mol. The highest BCUT2D eigenvalue weighted by molar-refractivity contribution is 8.03. The molecule has 1 heterocycles. The highest BCUT2D eigenvalue weighted by atomic mass is 35.5. The second-order valence-electron chi connectivity index (χ2n) is 4.60. The molecular formula is C14H16ClFN2O3S. The van der Waals surface area contributed by atoms with Crippen molar-refractivity contribution in [2.24, 2.45) is 0 Å². The van der Waals surface area contributed by atoms with E-state index in [1.54, 1.807) is 13.0 Å². The lowest BCUT2D eigenvalue weighted by molar-refractivity contribution is -0.154. The van der Waals surface area contributed by atoms with Gasteiger partial charge in [-0.2, -0.15) is 4.98 Å². The fourth-order valence-corrected chi connectivity index (χ4v) is 3.31. The van der Waals surface area contributed by atoms with Crippen LogP contribution in [0, 0.1) is 0 Å². The summed E-state index contributed by atoms with van der Waals surface area (Å²) in [6.07, 6.45) is 3.04. The number of hydrogen-bond acceptors (Lipinski definition) is 6. The number of hydrogen-bond donors (Lipinski definition) is 0. The van der Waals surface area contributed by atoms with Gasteiger partial charge in [-0.25, -0.2) is 14.2 Å². The Bertz CT molecular complexity index is 599. The first-order valence-electron chi connectivity index (χ1n) is 6.82. The minimum Gasteiger partial charge on any atom is -0.481 e. The van der Waals surface area contributed by atoms with E-state index in [4.69, 9.17) is 21.1 Å². The van der Waals surface area contributed by atoms with Crippen LogP contribution in [0.3, 0.4) is 0 Å². The number of halogens is 2. The molecule has 1 aliphatic rings. The molecule has 0 N–H and O–H groups in total.